The predicted octanol–water partition coefficient (Wildman–Crippen LogP) is 3.73. The van der Waals surface area contributed by atoms with Crippen molar-refractivity contribution in [3.05, 3.63) is 35.9 Å². The summed E-state index contributed by atoms with van der Waals surface area (Å²) in [6.45, 7) is 3.28. The molecule has 1 amide bonds. The fourth-order valence-corrected chi connectivity index (χ4v) is 5.16. The lowest BCUT2D eigenvalue weighted by atomic mass is 9.88. The van der Waals surface area contributed by atoms with Gasteiger partial charge in [-0.05, 0) is 31.2 Å². The molecule has 0 bridgehead atoms. The minimum Gasteiger partial charge on any atom is -0.373 e. The lowest BCUT2D eigenvalue weighted by molar-refractivity contribution is -0.135. The highest BCUT2D eigenvalue weighted by molar-refractivity contribution is 14.0. The van der Waals surface area contributed by atoms with Crippen LogP contribution in [0.5, 0.6) is 0 Å². The molecule has 2 aliphatic heterocycles. The van der Waals surface area contributed by atoms with Crippen molar-refractivity contribution >= 4 is 35.8 Å². The van der Waals surface area contributed by atoms with Crippen molar-refractivity contribution in [1.82, 2.24) is 15.5 Å². The first-order valence-corrected chi connectivity index (χ1v) is 11.7. The van der Waals surface area contributed by atoms with E-state index in [1.807, 2.05) is 13.1 Å². The number of halogens is 1. The highest BCUT2D eigenvalue weighted by Gasteiger charge is 2.32. The van der Waals surface area contributed by atoms with Crippen LogP contribution < -0.4 is 10.6 Å². The molecule has 0 aromatic heterocycles. The molecule has 0 radical (unpaired) electrons. The first-order valence-electron chi connectivity index (χ1n) is 11.7. The predicted molar refractivity (Wildman–Crippen MR) is 135 cm³/mol. The molecule has 3 unspecified atom stereocenters. The fourth-order valence-electron chi connectivity index (χ4n) is 5.16. The molecule has 1 aromatic carbocycles. The molecule has 2 N–H and O–H groups in total. The third-order valence-electron chi connectivity index (χ3n) is 6.89. The number of rotatable bonds is 5. The summed E-state index contributed by atoms with van der Waals surface area (Å²) in [6.07, 6.45) is 8.02. The third kappa shape index (κ3) is 6.34. The molecule has 7 heteroatoms. The maximum Gasteiger partial charge on any atom is 0.225 e. The summed E-state index contributed by atoms with van der Waals surface area (Å²) in [5, 5.41) is 7.04. The Kier molecular flexibility index (Phi) is 9.44. The van der Waals surface area contributed by atoms with Gasteiger partial charge in [-0.2, -0.15) is 0 Å². The first-order chi connectivity index (χ1) is 14.7. The number of nitrogens with zero attached hydrogens (tertiary/aromatic N) is 2. The Morgan fingerprint density at radius 1 is 1.13 bits per heavy atom. The number of benzene rings is 1. The zero-order valence-electron chi connectivity index (χ0n) is 18.6. The van der Waals surface area contributed by atoms with E-state index in [0.29, 0.717) is 11.8 Å². The Balaban J connectivity index is 0.00000272. The molecule has 2 saturated heterocycles. The van der Waals surface area contributed by atoms with Crippen molar-refractivity contribution in [2.45, 2.75) is 57.1 Å². The largest absolute Gasteiger partial charge is 0.373 e. The maximum atomic E-state index is 12.8. The summed E-state index contributed by atoms with van der Waals surface area (Å²) in [5.74, 6) is 1.88. The van der Waals surface area contributed by atoms with Gasteiger partial charge in [-0.3, -0.25) is 9.79 Å². The molecule has 3 atom stereocenters. The monoisotopic (exact) mass is 540 g/mol. The number of carbonyl (C=O) groups is 1. The highest BCUT2D eigenvalue weighted by Crippen LogP contribution is 2.34. The second-order valence-corrected chi connectivity index (χ2v) is 8.95. The van der Waals surface area contributed by atoms with Crippen LogP contribution in [0.25, 0.3) is 0 Å². The van der Waals surface area contributed by atoms with Gasteiger partial charge in [0.1, 0.15) is 0 Å². The molecule has 1 saturated carbocycles. The van der Waals surface area contributed by atoms with Crippen LogP contribution in [0, 0.1) is 11.8 Å². The van der Waals surface area contributed by atoms with Gasteiger partial charge in [0.2, 0.25) is 5.91 Å². The lowest BCUT2D eigenvalue weighted by Crippen LogP contribution is -2.46. The Labute approximate surface area is 203 Å². The van der Waals surface area contributed by atoms with Crippen molar-refractivity contribution in [2.75, 3.05) is 33.3 Å². The van der Waals surface area contributed by atoms with Gasteiger partial charge in [0, 0.05) is 51.2 Å². The molecule has 3 aliphatic rings. The minimum absolute atomic E-state index is 0. The van der Waals surface area contributed by atoms with Gasteiger partial charge in [0.05, 0.1) is 6.10 Å². The molecule has 1 aromatic rings. The maximum absolute atomic E-state index is 12.8. The molecule has 6 nitrogen and oxygen atoms in total. The summed E-state index contributed by atoms with van der Waals surface area (Å²) >= 11 is 0. The van der Waals surface area contributed by atoms with E-state index in [1.165, 1.54) is 24.8 Å². The Morgan fingerprint density at radius 2 is 1.90 bits per heavy atom. The van der Waals surface area contributed by atoms with Crippen LogP contribution in [0.3, 0.4) is 0 Å². The standard InChI is InChI=1S/C24H36N4O2.HI/c1-25-24(26-16-20-13-15-30-22(20)18-8-4-2-5-9-18)27-21-12-14-28(17-21)23(29)19-10-6-3-7-11-19;/h2,4-5,8-9,19-22H,3,6-7,10-17H2,1H3,(H2,25,26,27);1H. The molecular weight excluding hydrogens is 503 g/mol. The van der Waals surface area contributed by atoms with Crippen LogP contribution in [0.4, 0.5) is 0 Å². The van der Waals surface area contributed by atoms with Crippen molar-refractivity contribution in [2.24, 2.45) is 16.8 Å². The van der Waals surface area contributed by atoms with Gasteiger partial charge in [-0.25, -0.2) is 0 Å². The fraction of sp³-hybridized carbons (Fsp3) is 0.667. The molecule has 31 heavy (non-hydrogen) atoms. The van der Waals surface area contributed by atoms with E-state index in [9.17, 15) is 4.79 Å². The zero-order chi connectivity index (χ0) is 20.8. The molecule has 3 fully saturated rings. The SMILES string of the molecule is CN=C(NCC1CCOC1c1ccccc1)NC1CCN(C(=O)C2CCCCC2)C1.I. The van der Waals surface area contributed by atoms with E-state index in [0.717, 1.165) is 57.9 Å². The average molecular weight is 540 g/mol. The smallest absolute Gasteiger partial charge is 0.225 e. The van der Waals surface area contributed by atoms with Gasteiger partial charge >= 0.3 is 0 Å². The van der Waals surface area contributed by atoms with Crippen LogP contribution >= 0.6 is 24.0 Å². The van der Waals surface area contributed by atoms with Crippen molar-refractivity contribution < 1.29 is 9.53 Å². The molecule has 4 rings (SSSR count). The van der Waals surface area contributed by atoms with Crippen molar-refractivity contribution in [3.8, 4) is 0 Å². The number of hydrogen-bond donors (Lipinski definition) is 2. The Hall–Kier alpha value is -1.35. The third-order valence-corrected chi connectivity index (χ3v) is 6.89. The van der Waals surface area contributed by atoms with Crippen LogP contribution in [0.15, 0.2) is 35.3 Å². The average Bonchev–Trinajstić information content (AvgIpc) is 3.47. The molecular formula is C24H37IN4O2. The van der Waals surface area contributed by atoms with E-state index in [1.54, 1.807) is 0 Å². The molecule has 0 spiro atoms. The number of carbonyl (C=O) groups excluding carboxylic acids is 1. The summed E-state index contributed by atoms with van der Waals surface area (Å²) in [5.41, 5.74) is 1.25. The lowest BCUT2D eigenvalue weighted by Gasteiger charge is -2.26. The zero-order valence-corrected chi connectivity index (χ0v) is 20.9. The van der Waals surface area contributed by atoms with Gasteiger partial charge in [-0.15, -0.1) is 24.0 Å². The number of amides is 1. The molecule has 172 valence electrons. The number of aliphatic imine (C=N–C) groups is 1. The van der Waals surface area contributed by atoms with Gasteiger partial charge in [0.15, 0.2) is 5.96 Å². The van der Waals surface area contributed by atoms with Gasteiger partial charge < -0.3 is 20.3 Å². The van der Waals surface area contributed by atoms with E-state index < -0.39 is 0 Å². The number of ether oxygens (including phenoxy) is 1. The van der Waals surface area contributed by atoms with Crippen LogP contribution in [0.1, 0.15) is 56.6 Å². The van der Waals surface area contributed by atoms with Crippen LogP contribution in [0.2, 0.25) is 0 Å². The molecule has 2 heterocycles. The second-order valence-electron chi connectivity index (χ2n) is 8.95. The van der Waals surface area contributed by atoms with Gasteiger partial charge in [-0.1, -0.05) is 49.6 Å². The summed E-state index contributed by atoms with van der Waals surface area (Å²) in [6, 6.07) is 10.7. The second kappa shape index (κ2) is 12.0. The van der Waals surface area contributed by atoms with E-state index in [-0.39, 0.29) is 42.0 Å². The minimum atomic E-state index is 0. The number of likely N-dealkylation sites (tertiary alicyclic amines) is 1. The van der Waals surface area contributed by atoms with Crippen LogP contribution in [-0.2, 0) is 9.53 Å². The summed E-state index contributed by atoms with van der Waals surface area (Å²) < 4.78 is 6.00. The number of guanidine groups is 1. The van der Waals surface area contributed by atoms with Crippen molar-refractivity contribution in [1.29, 1.82) is 0 Å². The topological polar surface area (TPSA) is 66.0 Å². The number of hydrogen-bond acceptors (Lipinski definition) is 3. The van der Waals surface area contributed by atoms with Crippen molar-refractivity contribution in [3.63, 3.8) is 0 Å². The van der Waals surface area contributed by atoms with Crippen LogP contribution in [-0.4, -0.2) is 56.1 Å². The van der Waals surface area contributed by atoms with E-state index >= 15 is 0 Å². The number of nitrogens with one attached hydrogen (secondary N) is 2. The highest BCUT2D eigenvalue weighted by atomic mass is 127. The Morgan fingerprint density at radius 3 is 2.65 bits per heavy atom. The van der Waals surface area contributed by atoms with E-state index in [2.05, 4.69) is 44.8 Å². The summed E-state index contributed by atoms with van der Waals surface area (Å²) in [4.78, 5) is 19.3. The van der Waals surface area contributed by atoms with E-state index in [4.69, 9.17) is 4.74 Å². The normalized spacial score (nSPS) is 27.1. The first kappa shape index (κ1) is 24.3. The molecule has 1 aliphatic carbocycles. The quantitative estimate of drug-likeness (QED) is 0.340. The summed E-state index contributed by atoms with van der Waals surface area (Å²) in [7, 11) is 1.81. The Bertz CT molecular complexity index is 724. The van der Waals surface area contributed by atoms with Gasteiger partial charge in [0.25, 0.3) is 0 Å².